The fourth-order valence-corrected chi connectivity index (χ4v) is 2.94. The summed E-state index contributed by atoms with van der Waals surface area (Å²) in [6, 6.07) is 11.1. The average molecular weight is 365 g/mol. The molecule has 0 aliphatic carbocycles. The largest absolute Gasteiger partial charge is 0.507 e. The second-order valence-electron chi connectivity index (χ2n) is 5.44. The quantitative estimate of drug-likeness (QED) is 0.307. The van der Waals surface area contributed by atoms with E-state index in [1.165, 1.54) is 24.3 Å². The van der Waals surface area contributed by atoms with Crippen molar-refractivity contribution in [3.05, 3.63) is 64.3 Å². The van der Waals surface area contributed by atoms with Crippen molar-refractivity contribution < 1.29 is 14.6 Å². The molecule has 0 fully saturated rings. The van der Waals surface area contributed by atoms with Gasteiger partial charge < -0.3 is 14.8 Å². The number of hydrogen-bond acceptors (Lipinski definition) is 6. The van der Waals surface area contributed by atoms with Crippen LogP contribution in [-0.4, -0.2) is 27.1 Å². The number of nitrogens with one attached hydrogen (secondary N) is 1. The molecule has 3 aromatic rings. The minimum atomic E-state index is -0.988. The highest BCUT2D eigenvalue weighted by molar-refractivity contribution is 7.08. The van der Waals surface area contributed by atoms with E-state index in [4.69, 9.17) is 4.74 Å². The second-order valence-corrected chi connectivity index (χ2v) is 6.22. The number of nitriles is 1. The summed E-state index contributed by atoms with van der Waals surface area (Å²) in [5.74, 6) is -0.746. The number of aliphatic hydroxyl groups excluding tert-OH is 1. The van der Waals surface area contributed by atoms with E-state index in [0.29, 0.717) is 5.52 Å². The molecule has 26 heavy (non-hydrogen) atoms. The zero-order valence-electron chi connectivity index (χ0n) is 13.8. The molecule has 2 heterocycles. The number of thiophene rings is 1. The summed E-state index contributed by atoms with van der Waals surface area (Å²) in [7, 11) is 0. The first-order valence-corrected chi connectivity index (χ1v) is 8.72. The standard InChI is InChI=1S/C19H15N3O3S/c1-12(25-17(23)7-6-13-8-9-26-11-13)18(24)14(10-20)19-21-15-4-2-3-5-16(15)22-19/h2-9,11-12,24H,1H3,(H,21,22)/b7-6+,18-14-/t12-/m1/s1. The van der Waals surface area contributed by atoms with Gasteiger partial charge in [-0.3, -0.25) is 0 Å². The molecular formula is C19H15N3O3S. The highest BCUT2D eigenvalue weighted by Gasteiger charge is 2.20. The number of H-pyrrole nitrogens is 1. The van der Waals surface area contributed by atoms with E-state index in [9.17, 15) is 15.2 Å². The molecule has 1 aromatic carbocycles. The molecule has 0 saturated heterocycles. The predicted molar refractivity (Wildman–Crippen MR) is 100 cm³/mol. The molecule has 0 spiro atoms. The molecule has 0 unspecified atom stereocenters. The molecular weight excluding hydrogens is 350 g/mol. The van der Waals surface area contributed by atoms with Crippen LogP contribution in [0.3, 0.4) is 0 Å². The van der Waals surface area contributed by atoms with E-state index in [0.717, 1.165) is 11.1 Å². The molecule has 130 valence electrons. The summed E-state index contributed by atoms with van der Waals surface area (Å²) in [6.07, 6.45) is 1.91. The van der Waals surface area contributed by atoms with E-state index in [-0.39, 0.29) is 17.2 Å². The molecule has 1 atom stereocenters. The molecule has 6 nitrogen and oxygen atoms in total. The van der Waals surface area contributed by atoms with Crippen LogP contribution in [0.1, 0.15) is 18.3 Å². The summed E-state index contributed by atoms with van der Waals surface area (Å²) in [5, 5.41) is 23.5. The SMILES string of the molecule is C[C@@H](OC(=O)/C=C/c1ccsc1)/C(O)=C(\C#N)c1nc2ccccc2[nH]1. The van der Waals surface area contributed by atoms with Gasteiger partial charge in [-0.05, 0) is 47.5 Å². The fourth-order valence-electron chi connectivity index (χ4n) is 2.31. The summed E-state index contributed by atoms with van der Waals surface area (Å²) < 4.78 is 5.17. The van der Waals surface area contributed by atoms with Crippen LogP contribution >= 0.6 is 11.3 Å². The molecule has 3 rings (SSSR count). The Labute approximate surface area is 153 Å². The van der Waals surface area contributed by atoms with Crippen molar-refractivity contribution in [2.75, 3.05) is 0 Å². The molecule has 0 aliphatic heterocycles. The minimum absolute atomic E-state index is 0.0664. The number of nitrogens with zero attached hydrogens (tertiary/aromatic N) is 2. The van der Waals surface area contributed by atoms with E-state index < -0.39 is 12.1 Å². The van der Waals surface area contributed by atoms with E-state index in [1.54, 1.807) is 12.1 Å². The zero-order valence-corrected chi connectivity index (χ0v) is 14.7. The number of para-hydroxylation sites is 2. The van der Waals surface area contributed by atoms with Crippen LogP contribution in [-0.2, 0) is 9.53 Å². The first kappa shape index (κ1) is 17.5. The number of esters is 1. The van der Waals surface area contributed by atoms with Gasteiger partial charge in [-0.1, -0.05) is 12.1 Å². The van der Waals surface area contributed by atoms with Gasteiger partial charge >= 0.3 is 5.97 Å². The third-order valence-electron chi connectivity index (χ3n) is 3.63. The van der Waals surface area contributed by atoms with Gasteiger partial charge in [0.05, 0.1) is 11.0 Å². The summed E-state index contributed by atoms with van der Waals surface area (Å²) >= 11 is 1.52. The highest BCUT2D eigenvalue weighted by atomic mass is 32.1. The smallest absolute Gasteiger partial charge is 0.331 e. The number of carbonyl (C=O) groups excluding carboxylic acids is 1. The molecule has 2 aromatic heterocycles. The van der Waals surface area contributed by atoms with Crippen LogP contribution in [0, 0.1) is 11.3 Å². The topological polar surface area (TPSA) is 99.0 Å². The summed E-state index contributed by atoms with van der Waals surface area (Å²) in [6.45, 7) is 1.49. The first-order chi connectivity index (χ1) is 12.6. The number of rotatable bonds is 5. The number of fused-ring (bicyclic) bond motifs is 1. The van der Waals surface area contributed by atoms with Crippen molar-refractivity contribution in [1.82, 2.24) is 9.97 Å². The molecule has 2 N–H and O–H groups in total. The van der Waals surface area contributed by atoms with Crippen molar-refractivity contribution in [3.63, 3.8) is 0 Å². The molecule has 0 radical (unpaired) electrons. The molecule has 0 aliphatic rings. The monoisotopic (exact) mass is 365 g/mol. The number of aromatic amines is 1. The van der Waals surface area contributed by atoms with Crippen LogP contribution in [0.25, 0.3) is 22.7 Å². The van der Waals surface area contributed by atoms with Gasteiger partial charge in [-0.15, -0.1) is 0 Å². The van der Waals surface area contributed by atoms with Crippen LogP contribution in [0.5, 0.6) is 0 Å². The van der Waals surface area contributed by atoms with Gasteiger partial charge in [0.1, 0.15) is 11.6 Å². The Morgan fingerprint density at radius 3 is 2.92 bits per heavy atom. The van der Waals surface area contributed by atoms with Crippen LogP contribution in [0.2, 0.25) is 0 Å². The lowest BCUT2D eigenvalue weighted by Gasteiger charge is -2.12. The van der Waals surface area contributed by atoms with Crippen LogP contribution in [0.15, 0.2) is 52.9 Å². The molecule has 7 heteroatoms. The number of imidazole rings is 1. The van der Waals surface area contributed by atoms with Gasteiger partial charge in [-0.25, -0.2) is 9.78 Å². The van der Waals surface area contributed by atoms with Gasteiger partial charge in [0, 0.05) is 6.08 Å². The van der Waals surface area contributed by atoms with Gasteiger partial charge in [0.15, 0.2) is 17.7 Å². The first-order valence-electron chi connectivity index (χ1n) is 7.77. The molecule has 0 amide bonds. The van der Waals surface area contributed by atoms with Gasteiger partial charge in [-0.2, -0.15) is 16.6 Å². The third kappa shape index (κ3) is 3.82. The van der Waals surface area contributed by atoms with E-state index in [2.05, 4.69) is 9.97 Å². The normalized spacial score (nSPS) is 13.4. The number of aromatic nitrogens is 2. The maximum absolute atomic E-state index is 11.9. The van der Waals surface area contributed by atoms with Crippen molar-refractivity contribution in [1.29, 1.82) is 5.26 Å². The summed E-state index contributed by atoms with van der Waals surface area (Å²) in [5.41, 5.74) is 2.24. The van der Waals surface area contributed by atoms with Crippen LogP contribution in [0.4, 0.5) is 0 Å². The maximum atomic E-state index is 11.9. The predicted octanol–water partition coefficient (Wildman–Crippen LogP) is 4.06. The Morgan fingerprint density at radius 1 is 1.42 bits per heavy atom. The van der Waals surface area contributed by atoms with Crippen molar-refractivity contribution in [2.45, 2.75) is 13.0 Å². The Kier molecular flexibility index (Phi) is 5.15. The number of ether oxygens (including phenoxy) is 1. The van der Waals surface area contributed by atoms with Gasteiger partial charge in [0.25, 0.3) is 0 Å². The lowest BCUT2D eigenvalue weighted by atomic mass is 10.2. The maximum Gasteiger partial charge on any atom is 0.331 e. The summed E-state index contributed by atoms with van der Waals surface area (Å²) in [4.78, 5) is 19.2. The van der Waals surface area contributed by atoms with Crippen molar-refractivity contribution in [3.8, 4) is 6.07 Å². The lowest BCUT2D eigenvalue weighted by molar-refractivity contribution is -0.141. The minimum Gasteiger partial charge on any atom is -0.507 e. The molecule has 0 bridgehead atoms. The van der Waals surface area contributed by atoms with E-state index in [1.807, 2.05) is 41.1 Å². The number of allylic oxidation sites excluding steroid dienone is 1. The third-order valence-corrected chi connectivity index (χ3v) is 4.33. The fraction of sp³-hybridized carbons (Fsp3) is 0.105. The Balaban J connectivity index is 1.78. The second kappa shape index (κ2) is 7.68. The average Bonchev–Trinajstić information content (AvgIpc) is 3.29. The Hall–Kier alpha value is -3.37. The van der Waals surface area contributed by atoms with Crippen molar-refractivity contribution in [2.24, 2.45) is 0 Å². The Morgan fingerprint density at radius 2 is 2.23 bits per heavy atom. The number of benzene rings is 1. The number of hydrogen-bond donors (Lipinski definition) is 2. The number of carbonyl (C=O) groups is 1. The van der Waals surface area contributed by atoms with Crippen LogP contribution < -0.4 is 0 Å². The Bertz CT molecular complexity index is 993. The molecule has 0 saturated carbocycles. The van der Waals surface area contributed by atoms with E-state index >= 15 is 0 Å². The van der Waals surface area contributed by atoms with Gasteiger partial charge in [0.2, 0.25) is 0 Å². The van der Waals surface area contributed by atoms with Crippen molar-refractivity contribution >= 4 is 40.0 Å². The highest BCUT2D eigenvalue weighted by Crippen LogP contribution is 2.21. The lowest BCUT2D eigenvalue weighted by Crippen LogP contribution is -2.17. The zero-order chi connectivity index (χ0) is 18.5. The number of aliphatic hydroxyl groups is 1.